The van der Waals surface area contributed by atoms with Crippen LogP contribution in [0.4, 0.5) is 0 Å². The Kier molecular flexibility index (Phi) is 12.1. The number of nitriles is 1. The van der Waals surface area contributed by atoms with E-state index in [1.54, 1.807) is 6.08 Å². The number of nitrogens with zero attached hydrogens (tertiary/aromatic N) is 1. The Hall–Kier alpha value is -2.59. The van der Waals surface area contributed by atoms with Crippen LogP contribution in [0.5, 0.6) is 0 Å². The van der Waals surface area contributed by atoms with Gasteiger partial charge in [-0.15, -0.1) is 5.73 Å². The molecule has 0 saturated carbocycles. The molecule has 0 aliphatic carbocycles. The van der Waals surface area contributed by atoms with Gasteiger partial charge in [-0.25, -0.2) is 0 Å². The molecule has 2 rings (SSSR count). The van der Waals surface area contributed by atoms with E-state index < -0.39 is 5.60 Å². The lowest BCUT2D eigenvalue weighted by Crippen LogP contribution is -2.26. The Bertz CT molecular complexity index is 815. The average molecular weight is 416 g/mol. The van der Waals surface area contributed by atoms with Gasteiger partial charge in [0, 0.05) is 18.2 Å². The molecule has 0 aromatic heterocycles. The fourth-order valence-corrected chi connectivity index (χ4v) is 3.65. The molecule has 0 radical (unpaired) electrons. The molecule has 0 amide bonds. The molecule has 2 nitrogen and oxygen atoms in total. The summed E-state index contributed by atoms with van der Waals surface area (Å²) in [6, 6.07) is 22.1. The van der Waals surface area contributed by atoms with Crippen molar-refractivity contribution in [3.63, 3.8) is 0 Å². The van der Waals surface area contributed by atoms with Crippen LogP contribution < -0.4 is 0 Å². The van der Waals surface area contributed by atoms with Crippen LogP contribution in [0.3, 0.4) is 0 Å². The molecule has 0 fully saturated rings. The van der Waals surface area contributed by atoms with Gasteiger partial charge in [0.25, 0.3) is 0 Å². The van der Waals surface area contributed by atoms with Crippen LogP contribution in [0.2, 0.25) is 0 Å². The average Bonchev–Trinajstić information content (AvgIpc) is 2.82. The van der Waals surface area contributed by atoms with E-state index in [1.165, 1.54) is 51.4 Å². The summed E-state index contributed by atoms with van der Waals surface area (Å²) >= 11 is 0. The first kappa shape index (κ1) is 24.7. The van der Waals surface area contributed by atoms with Crippen LogP contribution in [-0.2, 0) is 10.3 Å². The number of unbranched alkanes of at least 4 members (excludes halogenated alkanes) is 9. The highest BCUT2D eigenvalue weighted by molar-refractivity contribution is 5.49. The second kappa shape index (κ2) is 15.2. The molecule has 164 valence electrons. The zero-order valence-corrected chi connectivity index (χ0v) is 19.1. The lowest BCUT2D eigenvalue weighted by atomic mass is 9.94. The zero-order valence-electron chi connectivity index (χ0n) is 19.1. The third-order valence-electron chi connectivity index (χ3n) is 5.53. The summed E-state index contributed by atoms with van der Waals surface area (Å²) in [5, 5.41) is 10.0. The Morgan fingerprint density at radius 3 is 1.90 bits per heavy atom. The predicted molar refractivity (Wildman–Crippen MR) is 131 cm³/mol. The van der Waals surface area contributed by atoms with Gasteiger partial charge < -0.3 is 4.74 Å². The maximum atomic E-state index is 10.0. The van der Waals surface area contributed by atoms with Crippen molar-refractivity contribution in [3.8, 4) is 6.07 Å². The van der Waals surface area contributed by atoms with Crippen molar-refractivity contribution in [2.75, 3.05) is 6.61 Å². The van der Waals surface area contributed by atoms with Crippen LogP contribution in [0.1, 0.15) is 82.3 Å². The first-order chi connectivity index (χ1) is 15.3. The summed E-state index contributed by atoms with van der Waals surface area (Å²) in [6.45, 7) is 2.83. The maximum Gasteiger partial charge on any atom is 0.205 e. The Labute approximate surface area is 189 Å². The van der Waals surface area contributed by atoms with Crippen LogP contribution in [0.15, 0.2) is 72.5 Å². The highest BCUT2D eigenvalue weighted by atomic mass is 16.5. The van der Waals surface area contributed by atoms with E-state index in [1.807, 2.05) is 66.7 Å². The minimum Gasteiger partial charge on any atom is -0.352 e. The molecular weight excluding hydrogens is 378 g/mol. The third kappa shape index (κ3) is 9.39. The Morgan fingerprint density at radius 2 is 1.32 bits per heavy atom. The Balaban J connectivity index is 1.86. The van der Waals surface area contributed by atoms with Crippen LogP contribution in [0, 0.1) is 11.3 Å². The molecule has 31 heavy (non-hydrogen) atoms. The molecule has 0 spiro atoms. The smallest absolute Gasteiger partial charge is 0.205 e. The molecule has 0 bridgehead atoms. The van der Waals surface area contributed by atoms with E-state index in [0.29, 0.717) is 6.61 Å². The van der Waals surface area contributed by atoms with Gasteiger partial charge >= 0.3 is 0 Å². The molecular formula is C29H37NO. The lowest BCUT2D eigenvalue weighted by Gasteiger charge is -2.23. The minimum atomic E-state index is -1.11. The molecule has 1 atom stereocenters. The first-order valence-electron chi connectivity index (χ1n) is 11.9. The van der Waals surface area contributed by atoms with E-state index in [0.717, 1.165) is 24.0 Å². The largest absolute Gasteiger partial charge is 0.352 e. The topological polar surface area (TPSA) is 33.0 Å². The molecule has 0 aliphatic rings. The highest BCUT2D eigenvalue weighted by Crippen LogP contribution is 2.27. The van der Waals surface area contributed by atoms with Crippen LogP contribution >= 0.6 is 0 Å². The fourth-order valence-electron chi connectivity index (χ4n) is 3.65. The molecule has 1 unspecified atom stereocenters. The molecule has 0 saturated heterocycles. The van der Waals surface area contributed by atoms with Gasteiger partial charge in [0.1, 0.15) is 6.07 Å². The van der Waals surface area contributed by atoms with Crippen molar-refractivity contribution in [1.29, 1.82) is 5.26 Å². The third-order valence-corrected chi connectivity index (χ3v) is 5.53. The van der Waals surface area contributed by atoms with Crippen LogP contribution in [0.25, 0.3) is 6.08 Å². The number of benzene rings is 2. The van der Waals surface area contributed by atoms with Gasteiger partial charge in [0.2, 0.25) is 5.60 Å². The quantitative estimate of drug-likeness (QED) is 0.217. The molecule has 0 aliphatic heterocycles. The number of hydrogen-bond acceptors (Lipinski definition) is 2. The number of ether oxygens (including phenoxy) is 1. The monoisotopic (exact) mass is 415 g/mol. The van der Waals surface area contributed by atoms with E-state index in [9.17, 15) is 5.26 Å². The number of rotatable bonds is 15. The van der Waals surface area contributed by atoms with Crippen molar-refractivity contribution in [1.82, 2.24) is 0 Å². The minimum absolute atomic E-state index is 0.572. The summed E-state index contributed by atoms with van der Waals surface area (Å²) < 4.78 is 6.18. The summed E-state index contributed by atoms with van der Waals surface area (Å²) in [5.74, 6) is 0. The van der Waals surface area contributed by atoms with Gasteiger partial charge in [-0.05, 0) is 18.1 Å². The van der Waals surface area contributed by atoms with Gasteiger partial charge in [0.15, 0.2) is 0 Å². The van der Waals surface area contributed by atoms with Crippen molar-refractivity contribution >= 4 is 6.08 Å². The molecule has 2 aromatic rings. The SMILES string of the molecule is CCCCCCCCCCCCOC(C#N)(C=C=Cc1ccccc1)c1ccccc1. The summed E-state index contributed by atoms with van der Waals surface area (Å²) in [6.07, 6.45) is 16.4. The molecule has 2 aromatic carbocycles. The van der Waals surface area contributed by atoms with Crippen molar-refractivity contribution in [3.05, 3.63) is 83.6 Å². The van der Waals surface area contributed by atoms with Crippen molar-refractivity contribution in [2.45, 2.75) is 76.7 Å². The van der Waals surface area contributed by atoms with E-state index in [4.69, 9.17) is 4.74 Å². The van der Waals surface area contributed by atoms with Gasteiger partial charge in [-0.1, -0.05) is 125 Å². The van der Waals surface area contributed by atoms with Crippen molar-refractivity contribution < 1.29 is 4.74 Å². The lowest BCUT2D eigenvalue weighted by molar-refractivity contribution is 0.0282. The number of hydrogen-bond donors (Lipinski definition) is 0. The van der Waals surface area contributed by atoms with E-state index in [-0.39, 0.29) is 0 Å². The fraction of sp³-hybridized carbons (Fsp3) is 0.448. The maximum absolute atomic E-state index is 10.0. The van der Waals surface area contributed by atoms with Gasteiger partial charge in [-0.3, -0.25) is 0 Å². The molecule has 2 heteroatoms. The molecule has 0 heterocycles. The summed E-state index contributed by atoms with van der Waals surface area (Å²) in [5.41, 5.74) is 3.97. The van der Waals surface area contributed by atoms with Crippen LogP contribution in [-0.4, -0.2) is 6.61 Å². The summed E-state index contributed by atoms with van der Waals surface area (Å²) in [4.78, 5) is 0. The highest BCUT2D eigenvalue weighted by Gasteiger charge is 2.30. The van der Waals surface area contributed by atoms with E-state index >= 15 is 0 Å². The van der Waals surface area contributed by atoms with Gasteiger partial charge in [0.05, 0.1) is 0 Å². The molecule has 0 N–H and O–H groups in total. The second-order valence-electron chi connectivity index (χ2n) is 8.11. The standard InChI is InChI=1S/C29H37NO/c1-2-3-4-5-6-7-8-9-10-17-25-31-29(26-30,28-22-15-12-16-23-28)24-18-21-27-19-13-11-14-20-27/h11-16,19-24H,2-10,17,25H2,1H3. The normalized spacial score (nSPS) is 12.4. The second-order valence-corrected chi connectivity index (χ2v) is 8.11. The Morgan fingerprint density at radius 1 is 0.774 bits per heavy atom. The first-order valence-corrected chi connectivity index (χ1v) is 11.9. The summed E-state index contributed by atoms with van der Waals surface area (Å²) in [7, 11) is 0. The van der Waals surface area contributed by atoms with Crippen molar-refractivity contribution in [2.24, 2.45) is 0 Å². The van der Waals surface area contributed by atoms with Gasteiger partial charge in [-0.2, -0.15) is 5.26 Å². The van der Waals surface area contributed by atoms with E-state index in [2.05, 4.69) is 18.7 Å². The predicted octanol–water partition coefficient (Wildman–Crippen LogP) is 8.21. The zero-order chi connectivity index (χ0) is 22.0.